The lowest BCUT2D eigenvalue weighted by Crippen LogP contribution is -2.55. The van der Waals surface area contributed by atoms with E-state index in [0.29, 0.717) is 18.8 Å². The fourth-order valence-electron chi connectivity index (χ4n) is 5.24. The molecule has 1 aromatic rings. The van der Waals surface area contributed by atoms with Crippen LogP contribution in [0.1, 0.15) is 88.6 Å². The van der Waals surface area contributed by atoms with Crippen molar-refractivity contribution in [2.75, 3.05) is 26.9 Å². The van der Waals surface area contributed by atoms with Gasteiger partial charge in [-0.1, -0.05) is 87.4 Å². The minimum absolute atomic E-state index is 0.0104. The second-order valence-corrected chi connectivity index (χ2v) is 33.6. The van der Waals surface area contributed by atoms with Gasteiger partial charge in [-0.25, -0.2) is 0 Å². The van der Waals surface area contributed by atoms with E-state index in [1.807, 2.05) is 37.3 Å². The molecule has 0 amide bonds. The van der Waals surface area contributed by atoms with E-state index in [9.17, 15) is 4.79 Å². The van der Waals surface area contributed by atoms with Gasteiger partial charge in [0.15, 0.2) is 30.7 Å². The molecule has 288 valence electrons. The molecule has 50 heavy (non-hydrogen) atoms. The highest BCUT2D eigenvalue weighted by Gasteiger charge is 2.64. The third-order valence-corrected chi connectivity index (χ3v) is 25.6. The van der Waals surface area contributed by atoms with Gasteiger partial charge in [0.1, 0.15) is 11.4 Å². The normalized spacial score (nSPS) is 21.5. The smallest absolute Gasteiger partial charge is 0.192 e. The average molecular weight is 751 g/mol. The van der Waals surface area contributed by atoms with Crippen LogP contribution in [0.25, 0.3) is 0 Å². The fourth-order valence-corrected chi connectivity index (χ4v) is 8.60. The van der Waals surface area contributed by atoms with Crippen LogP contribution in [0, 0.1) is 11.8 Å². The van der Waals surface area contributed by atoms with E-state index in [1.165, 1.54) is 0 Å². The van der Waals surface area contributed by atoms with Crippen LogP contribution in [0.3, 0.4) is 0 Å². The van der Waals surface area contributed by atoms with Gasteiger partial charge in [-0.2, -0.15) is 0 Å². The van der Waals surface area contributed by atoms with Crippen LogP contribution in [0.2, 0.25) is 54.4 Å². The number of ketones is 1. The lowest BCUT2D eigenvalue weighted by molar-refractivity contribution is -0.126. The molecule has 2 rings (SSSR count). The van der Waals surface area contributed by atoms with Crippen molar-refractivity contribution in [2.45, 2.75) is 162 Å². The molecule has 1 heterocycles. The van der Waals surface area contributed by atoms with Crippen molar-refractivity contribution >= 4 is 30.7 Å². The monoisotopic (exact) mass is 750 g/mol. The Kier molecular flexibility index (Phi) is 14.9. The molecule has 1 aromatic carbocycles. The molecular formula is C40H74O7Si3. The Labute approximate surface area is 309 Å². The quantitative estimate of drug-likeness (QED) is 0.0840. The molecule has 0 bridgehead atoms. The summed E-state index contributed by atoms with van der Waals surface area (Å²) in [5, 5.41) is -0.0484. The summed E-state index contributed by atoms with van der Waals surface area (Å²) in [6.07, 6.45) is 1.30. The largest absolute Gasteiger partial charge is 0.497 e. The van der Waals surface area contributed by atoms with E-state index in [0.717, 1.165) is 11.3 Å². The van der Waals surface area contributed by atoms with Gasteiger partial charge in [0.25, 0.3) is 0 Å². The van der Waals surface area contributed by atoms with Gasteiger partial charge in [0, 0.05) is 18.1 Å². The zero-order valence-corrected chi connectivity index (χ0v) is 38.4. The summed E-state index contributed by atoms with van der Waals surface area (Å²) in [5.74, 6) is 0.387. The Hall–Kier alpha value is -1.12. The molecule has 0 N–H and O–H groups in total. The average Bonchev–Trinajstić information content (AvgIpc) is 3.67. The van der Waals surface area contributed by atoms with Crippen molar-refractivity contribution in [3.05, 3.63) is 41.5 Å². The maximum Gasteiger partial charge on any atom is 0.192 e. The standard InChI is InChI=1S/C40H74O7Si3/c1-20-31(27-44-48(14,15)37(3,4)5)34(41)33(28-45-49(16,17)38(6,7)8)36(47-50(18,19)39(9,10)11)40(12)35(46-40)29(2)25-43-26-30-21-23-32(42-13)24-22-30/h20-24,29,33,35-36H,25-28H2,1-19H3/t29-,33-,35+,36-,40?/m0/s1. The van der Waals surface area contributed by atoms with Crippen LogP contribution in [-0.2, 0) is 34.2 Å². The molecule has 10 heteroatoms. The lowest BCUT2D eigenvalue weighted by atomic mass is 9.82. The fraction of sp³-hybridized carbons (Fsp3) is 0.775. The summed E-state index contributed by atoms with van der Waals surface area (Å²) < 4.78 is 39.1. The number of rotatable bonds is 18. The number of hydrogen-bond acceptors (Lipinski definition) is 7. The predicted octanol–water partition coefficient (Wildman–Crippen LogP) is 10.6. The molecule has 0 spiro atoms. The Morgan fingerprint density at radius 2 is 1.34 bits per heavy atom. The predicted molar refractivity (Wildman–Crippen MR) is 216 cm³/mol. The summed E-state index contributed by atoms with van der Waals surface area (Å²) in [5.41, 5.74) is 1.08. The van der Waals surface area contributed by atoms with E-state index >= 15 is 0 Å². The number of carbonyl (C=O) groups is 1. The molecule has 7 nitrogen and oxygen atoms in total. The third-order valence-electron chi connectivity index (χ3n) is 12.2. The second-order valence-electron chi connectivity index (χ2n) is 19.3. The summed E-state index contributed by atoms with van der Waals surface area (Å²) in [7, 11) is -5.03. The van der Waals surface area contributed by atoms with Crippen LogP contribution in [0.15, 0.2) is 35.9 Å². The lowest BCUT2D eigenvalue weighted by Gasteiger charge is -2.44. The van der Waals surface area contributed by atoms with Crippen LogP contribution < -0.4 is 4.74 Å². The number of epoxide rings is 1. The molecule has 1 fully saturated rings. The van der Waals surface area contributed by atoms with Gasteiger partial charge in [-0.15, -0.1) is 0 Å². The van der Waals surface area contributed by atoms with Crippen molar-refractivity contribution in [3.63, 3.8) is 0 Å². The maximum atomic E-state index is 15.0. The molecule has 0 radical (unpaired) electrons. The van der Waals surface area contributed by atoms with Crippen LogP contribution >= 0.6 is 0 Å². The maximum absolute atomic E-state index is 15.0. The van der Waals surface area contributed by atoms with Crippen LogP contribution in [0.5, 0.6) is 5.75 Å². The van der Waals surface area contributed by atoms with Crippen molar-refractivity contribution in [1.29, 1.82) is 0 Å². The Morgan fingerprint density at radius 1 is 0.840 bits per heavy atom. The highest BCUT2D eigenvalue weighted by molar-refractivity contribution is 6.75. The van der Waals surface area contributed by atoms with Crippen molar-refractivity contribution in [3.8, 4) is 5.75 Å². The minimum Gasteiger partial charge on any atom is -0.497 e. The van der Waals surface area contributed by atoms with Gasteiger partial charge in [-0.3, -0.25) is 4.79 Å². The van der Waals surface area contributed by atoms with Gasteiger partial charge in [-0.05, 0) is 85.9 Å². The first-order valence-electron chi connectivity index (χ1n) is 18.6. The molecule has 0 aliphatic carbocycles. The van der Waals surface area contributed by atoms with Crippen molar-refractivity contribution in [1.82, 2.24) is 0 Å². The summed E-state index contributed by atoms with van der Waals surface area (Å²) in [6, 6.07) is 7.95. The van der Waals surface area contributed by atoms with E-state index in [-0.39, 0.29) is 46.1 Å². The van der Waals surface area contributed by atoms with Gasteiger partial charge >= 0.3 is 0 Å². The van der Waals surface area contributed by atoms with E-state index in [2.05, 4.69) is 115 Å². The Bertz CT molecular complexity index is 1290. The first-order chi connectivity index (χ1) is 22.5. The summed E-state index contributed by atoms with van der Waals surface area (Å²) in [4.78, 5) is 15.0. The number of allylic oxidation sites excluding steroid dienone is 1. The van der Waals surface area contributed by atoms with Crippen molar-refractivity contribution < 1.29 is 32.3 Å². The Morgan fingerprint density at radius 3 is 1.80 bits per heavy atom. The second kappa shape index (κ2) is 16.5. The van der Waals surface area contributed by atoms with Crippen molar-refractivity contribution in [2.24, 2.45) is 11.8 Å². The molecule has 1 saturated heterocycles. The molecule has 1 aliphatic heterocycles. The third kappa shape index (κ3) is 11.2. The molecular weight excluding hydrogens is 677 g/mol. The van der Waals surface area contributed by atoms with Gasteiger partial charge < -0.3 is 27.5 Å². The van der Waals surface area contributed by atoms with Gasteiger partial charge in [0.05, 0.1) is 45.1 Å². The highest BCUT2D eigenvalue weighted by atomic mass is 28.4. The number of hydrogen-bond donors (Lipinski definition) is 0. The zero-order chi connectivity index (χ0) is 38.7. The first kappa shape index (κ1) is 45.0. The number of methoxy groups -OCH3 is 1. The Balaban J connectivity index is 2.50. The van der Waals surface area contributed by atoms with Crippen LogP contribution in [-0.4, -0.2) is 75.5 Å². The molecule has 1 aliphatic rings. The SMILES string of the molecule is CC=C(CO[Si](C)(C)C(C)(C)C)C(=O)[C@H](CO[Si](C)(C)C(C)(C)C)[C@H](O[Si](C)(C)C(C)(C)C)C1(C)O[C@@H]1[C@@H](C)COCc1ccc(OC)cc1. The molecule has 5 atom stereocenters. The highest BCUT2D eigenvalue weighted by Crippen LogP contribution is 2.51. The molecule has 0 aromatic heterocycles. The number of ether oxygens (including phenoxy) is 3. The number of benzene rings is 1. The summed E-state index contributed by atoms with van der Waals surface area (Å²) >= 11 is 0. The van der Waals surface area contributed by atoms with E-state index in [1.54, 1.807) is 7.11 Å². The topological polar surface area (TPSA) is 75.8 Å². The van der Waals surface area contributed by atoms with E-state index < -0.39 is 42.6 Å². The molecule has 1 unspecified atom stereocenters. The summed E-state index contributed by atoms with van der Waals surface area (Å²) in [6.45, 7) is 41.4. The van der Waals surface area contributed by atoms with Crippen LogP contribution in [0.4, 0.5) is 0 Å². The number of carbonyl (C=O) groups excluding carboxylic acids is 1. The van der Waals surface area contributed by atoms with Gasteiger partial charge in [0.2, 0.25) is 0 Å². The minimum atomic E-state index is -2.38. The first-order valence-corrected chi connectivity index (χ1v) is 27.3. The zero-order valence-electron chi connectivity index (χ0n) is 35.4. The van der Waals surface area contributed by atoms with E-state index in [4.69, 9.17) is 27.5 Å². The number of Topliss-reactive ketones (excluding diaryl/α,β-unsaturated/α-hetero) is 1. The molecule has 0 saturated carbocycles.